The highest BCUT2D eigenvalue weighted by Gasteiger charge is 2.48. The van der Waals surface area contributed by atoms with Crippen LogP contribution < -0.4 is 17.2 Å². The largest absolute Gasteiger partial charge is 0.462 e. The number of carbonyl (C=O) groups is 2. The molecule has 3 atom stereocenters. The number of hydrogen-bond acceptors (Lipinski definition) is 9. The zero-order valence-electron chi connectivity index (χ0n) is 18.3. The van der Waals surface area contributed by atoms with Crippen LogP contribution in [0.25, 0.3) is 0 Å². The lowest BCUT2D eigenvalue weighted by Crippen LogP contribution is -2.58. The third-order valence-electron chi connectivity index (χ3n) is 4.84. The molecule has 0 bridgehead atoms. The van der Waals surface area contributed by atoms with Crippen LogP contribution in [0.2, 0.25) is 0 Å². The second-order valence-corrected chi connectivity index (χ2v) is 7.17. The van der Waals surface area contributed by atoms with Gasteiger partial charge >= 0.3 is 17.6 Å². The Kier molecular flexibility index (Phi) is 11.1. The van der Waals surface area contributed by atoms with Gasteiger partial charge in [-0.05, 0) is 18.9 Å². The molecule has 176 valence electrons. The number of nitrogens with zero attached hydrogens (tertiary/aromatic N) is 2. The number of halogens is 1. The maximum atomic E-state index is 15.6. The maximum Gasteiger partial charge on any atom is 0.351 e. The third-order valence-corrected chi connectivity index (χ3v) is 4.84. The van der Waals surface area contributed by atoms with Gasteiger partial charge in [0.15, 0.2) is 11.7 Å². The molecule has 1 aromatic heterocycles. The lowest BCUT2D eigenvalue weighted by Gasteiger charge is -2.39. The number of alkyl halides is 1. The molecule has 0 aliphatic carbocycles. The summed E-state index contributed by atoms with van der Waals surface area (Å²) in [6.45, 7) is 2.99. The van der Waals surface area contributed by atoms with Gasteiger partial charge in [-0.3, -0.25) is 14.2 Å². The highest BCUT2D eigenvalue weighted by Crippen LogP contribution is 2.29. The standard InChI is InChI=1S/C20H33FN4O6/c1-4-6-8-15(26)30-13-20(12-22,29-3)17(31-16(27)9-7-5-2)18(21)25-11-10-14(23)24-19(25)28/h10-11,17-18H,4-9,12-13,22H2,1-3H3,(H2,23,24,28)/t17-,18?,20+/m0/s1. The van der Waals surface area contributed by atoms with Crippen molar-refractivity contribution < 1.29 is 28.2 Å². The number of unbranched alkanes of at least 4 members (excludes halogenated alkanes) is 2. The molecule has 1 rings (SSSR count). The number of carbonyl (C=O) groups excluding carboxylic acids is 2. The fourth-order valence-corrected chi connectivity index (χ4v) is 2.81. The van der Waals surface area contributed by atoms with Crippen LogP contribution in [0.1, 0.15) is 58.7 Å². The van der Waals surface area contributed by atoms with Gasteiger partial charge in [0.25, 0.3) is 0 Å². The molecule has 1 heterocycles. The van der Waals surface area contributed by atoms with E-state index in [4.69, 9.17) is 25.7 Å². The van der Waals surface area contributed by atoms with Gasteiger partial charge in [-0.25, -0.2) is 9.18 Å². The van der Waals surface area contributed by atoms with Crippen molar-refractivity contribution in [1.29, 1.82) is 0 Å². The number of esters is 2. The van der Waals surface area contributed by atoms with E-state index in [2.05, 4.69) is 4.98 Å². The number of aromatic nitrogens is 2. The Morgan fingerprint density at radius 2 is 1.84 bits per heavy atom. The van der Waals surface area contributed by atoms with Gasteiger partial charge in [-0.15, -0.1) is 0 Å². The number of anilines is 1. The van der Waals surface area contributed by atoms with Gasteiger partial charge < -0.3 is 25.7 Å². The summed E-state index contributed by atoms with van der Waals surface area (Å²) in [5.74, 6) is -1.31. The maximum absolute atomic E-state index is 15.6. The van der Waals surface area contributed by atoms with Gasteiger partial charge in [-0.1, -0.05) is 26.7 Å². The highest BCUT2D eigenvalue weighted by molar-refractivity contribution is 5.70. The monoisotopic (exact) mass is 444 g/mol. The first-order valence-corrected chi connectivity index (χ1v) is 10.3. The van der Waals surface area contributed by atoms with Crippen molar-refractivity contribution in [2.75, 3.05) is 26.0 Å². The molecule has 4 N–H and O–H groups in total. The number of hydrogen-bond donors (Lipinski definition) is 2. The van der Waals surface area contributed by atoms with Crippen molar-refractivity contribution in [2.45, 2.75) is 70.4 Å². The van der Waals surface area contributed by atoms with Gasteiger partial charge in [0.1, 0.15) is 12.4 Å². The average molecular weight is 445 g/mol. The minimum atomic E-state index is -2.22. The lowest BCUT2D eigenvalue weighted by molar-refractivity contribution is -0.200. The van der Waals surface area contributed by atoms with Crippen molar-refractivity contribution in [3.8, 4) is 0 Å². The van der Waals surface area contributed by atoms with Crippen LogP contribution in [-0.2, 0) is 23.8 Å². The molecular formula is C20H33FN4O6. The molecule has 0 saturated carbocycles. The zero-order valence-corrected chi connectivity index (χ0v) is 18.3. The average Bonchev–Trinajstić information content (AvgIpc) is 2.75. The molecule has 0 aliphatic heterocycles. The Labute approximate surface area is 181 Å². The first-order valence-electron chi connectivity index (χ1n) is 10.3. The van der Waals surface area contributed by atoms with Crippen LogP contribution in [0.3, 0.4) is 0 Å². The fraction of sp³-hybridized carbons (Fsp3) is 0.700. The van der Waals surface area contributed by atoms with Crippen molar-refractivity contribution in [3.63, 3.8) is 0 Å². The third kappa shape index (κ3) is 7.59. The zero-order chi connectivity index (χ0) is 23.4. The Bertz CT molecular complexity index is 768. The normalized spacial score (nSPS) is 15.0. The van der Waals surface area contributed by atoms with Crippen LogP contribution in [0.15, 0.2) is 17.1 Å². The Morgan fingerprint density at radius 1 is 1.23 bits per heavy atom. The molecule has 1 aromatic rings. The predicted molar refractivity (Wildman–Crippen MR) is 112 cm³/mol. The molecule has 11 heteroatoms. The van der Waals surface area contributed by atoms with Gasteiger partial charge in [0.05, 0.1) is 0 Å². The van der Waals surface area contributed by atoms with Crippen molar-refractivity contribution in [2.24, 2.45) is 5.73 Å². The lowest BCUT2D eigenvalue weighted by atomic mass is 9.95. The highest BCUT2D eigenvalue weighted by atomic mass is 19.1. The van der Waals surface area contributed by atoms with Gasteiger partial charge in [-0.2, -0.15) is 4.98 Å². The second kappa shape index (κ2) is 13.0. The van der Waals surface area contributed by atoms with Crippen molar-refractivity contribution in [3.05, 3.63) is 22.7 Å². The first-order chi connectivity index (χ1) is 14.7. The molecule has 0 spiro atoms. The van der Waals surface area contributed by atoms with Crippen LogP contribution in [0.4, 0.5) is 10.2 Å². The number of ether oxygens (including phenoxy) is 3. The van der Waals surface area contributed by atoms with Crippen LogP contribution in [0, 0.1) is 0 Å². The van der Waals surface area contributed by atoms with E-state index >= 15 is 4.39 Å². The Balaban J connectivity index is 3.26. The summed E-state index contributed by atoms with van der Waals surface area (Å²) in [5.41, 5.74) is 8.61. The van der Waals surface area contributed by atoms with E-state index in [0.717, 1.165) is 19.0 Å². The summed E-state index contributed by atoms with van der Waals surface area (Å²) >= 11 is 0. The molecule has 0 aromatic carbocycles. The second-order valence-electron chi connectivity index (χ2n) is 7.17. The molecule has 31 heavy (non-hydrogen) atoms. The van der Waals surface area contributed by atoms with Gasteiger partial charge in [0.2, 0.25) is 6.30 Å². The van der Waals surface area contributed by atoms with E-state index in [0.29, 0.717) is 17.4 Å². The summed E-state index contributed by atoms with van der Waals surface area (Å²) in [6.07, 6.45) is 0.0534. The first kappa shape index (κ1) is 26.5. The van der Waals surface area contributed by atoms with E-state index in [-0.39, 0.29) is 25.2 Å². The van der Waals surface area contributed by atoms with E-state index in [9.17, 15) is 14.4 Å². The molecule has 10 nitrogen and oxygen atoms in total. The summed E-state index contributed by atoms with van der Waals surface area (Å²) in [4.78, 5) is 40.0. The summed E-state index contributed by atoms with van der Waals surface area (Å²) in [7, 11) is 1.23. The Morgan fingerprint density at radius 3 is 2.35 bits per heavy atom. The minimum Gasteiger partial charge on any atom is -0.462 e. The number of methoxy groups -OCH3 is 1. The summed E-state index contributed by atoms with van der Waals surface area (Å²) in [5, 5.41) is 0. The van der Waals surface area contributed by atoms with E-state index < -0.39 is 42.2 Å². The molecule has 0 amide bonds. The minimum absolute atomic E-state index is 0.0370. The molecule has 0 aliphatic rings. The number of nitrogen functional groups attached to an aromatic ring is 1. The molecular weight excluding hydrogens is 411 g/mol. The summed E-state index contributed by atoms with van der Waals surface area (Å²) < 4.78 is 32.3. The fourth-order valence-electron chi connectivity index (χ4n) is 2.81. The van der Waals surface area contributed by atoms with E-state index in [1.54, 1.807) is 0 Å². The van der Waals surface area contributed by atoms with Crippen molar-refractivity contribution in [1.82, 2.24) is 9.55 Å². The molecule has 0 fully saturated rings. The smallest absolute Gasteiger partial charge is 0.351 e. The molecule has 0 radical (unpaired) electrons. The SMILES string of the molecule is CCCCC(=O)OC[C@@](CN)(OC)[C@@H](OC(=O)CCCC)C(F)n1ccc(N)nc1=O. The van der Waals surface area contributed by atoms with Crippen LogP contribution in [-0.4, -0.2) is 53.5 Å². The van der Waals surface area contributed by atoms with Crippen LogP contribution >= 0.6 is 0 Å². The molecule has 1 unspecified atom stereocenters. The van der Waals surface area contributed by atoms with E-state index in [1.807, 2.05) is 13.8 Å². The van der Waals surface area contributed by atoms with Crippen LogP contribution in [0.5, 0.6) is 0 Å². The predicted octanol–water partition coefficient (Wildman–Crippen LogP) is 1.47. The number of rotatable bonds is 14. The summed E-state index contributed by atoms with van der Waals surface area (Å²) in [6, 6.07) is 1.23. The topological polar surface area (TPSA) is 149 Å². The van der Waals surface area contributed by atoms with E-state index in [1.165, 1.54) is 13.2 Å². The van der Waals surface area contributed by atoms with Crippen molar-refractivity contribution >= 4 is 17.8 Å². The van der Waals surface area contributed by atoms with Gasteiger partial charge in [0, 0.05) is 32.7 Å². The Hall–Kier alpha value is -2.53. The quantitative estimate of drug-likeness (QED) is 0.407. The number of nitrogens with two attached hydrogens (primary N) is 2. The molecule has 0 saturated heterocycles.